The van der Waals surface area contributed by atoms with Crippen LogP contribution in [-0.2, 0) is 0 Å². The Bertz CT molecular complexity index is 422. The van der Waals surface area contributed by atoms with Gasteiger partial charge < -0.3 is 5.32 Å². The van der Waals surface area contributed by atoms with Gasteiger partial charge in [0, 0.05) is 17.3 Å². The van der Waals surface area contributed by atoms with E-state index in [0.717, 1.165) is 0 Å². The highest BCUT2D eigenvalue weighted by molar-refractivity contribution is 7.10. The van der Waals surface area contributed by atoms with Gasteiger partial charge in [-0.25, -0.2) is 0 Å². The molecule has 0 aliphatic rings. The highest BCUT2D eigenvalue weighted by Gasteiger charge is 2.12. The molecule has 15 heavy (non-hydrogen) atoms. The molecule has 0 saturated carbocycles. The van der Waals surface area contributed by atoms with Crippen LogP contribution in [0.1, 0.15) is 22.0 Å². The zero-order valence-electron chi connectivity index (χ0n) is 8.90. The maximum atomic E-state index is 4.15. The highest BCUT2D eigenvalue weighted by atomic mass is 32.1. The molecule has 0 fully saturated rings. The van der Waals surface area contributed by atoms with Crippen LogP contribution in [0.2, 0.25) is 0 Å². The van der Waals surface area contributed by atoms with Gasteiger partial charge in [0.2, 0.25) is 0 Å². The molecule has 0 radical (unpaired) electrons. The Hall–Kier alpha value is -1.19. The smallest absolute Gasteiger partial charge is 0.0597 e. The van der Waals surface area contributed by atoms with E-state index < -0.39 is 0 Å². The van der Waals surface area contributed by atoms with Gasteiger partial charge in [-0.3, -0.25) is 4.98 Å². The van der Waals surface area contributed by atoms with E-state index in [1.165, 1.54) is 16.0 Å². The van der Waals surface area contributed by atoms with E-state index in [0.29, 0.717) is 0 Å². The van der Waals surface area contributed by atoms with Crippen LogP contribution in [0, 0.1) is 6.92 Å². The summed E-state index contributed by atoms with van der Waals surface area (Å²) in [4.78, 5) is 5.49. The zero-order valence-corrected chi connectivity index (χ0v) is 9.71. The summed E-state index contributed by atoms with van der Waals surface area (Å²) in [5.41, 5.74) is 2.52. The van der Waals surface area contributed by atoms with Crippen molar-refractivity contribution in [1.82, 2.24) is 10.3 Å². The number of rotatable bonds is 3. The Balaban J connectivity index is 2.33. The molecule has 0 saturated heterocycles. The van der Waals surface area contributed by atoms with Crippen molar-refractivity contribution < 1.29 is 0 Å². The third kappa shape index (κ3) is 2.25. The molecule has 0 aliphatic carbocycles. The van der Waals surface area contributed by atoms with Gasteiger partial charge >= 0.3 is 0 Å². The topological polar surface area (TPSA) is 24.9 Å². The van der Waals surface area contributed by atoms with Crippen molar-refractivity contribution in [2.75, 3.05) is 7.05 Å². The average Bonchev–Trinajstić information content (AvgIpc) is 2.68. The Kier molecular flexibility index (Phi) is 3.14. The maximum absolute atomic E-state index is 4.15. The standard InChI is InChI=1S/C12H14N2S/c1-9-6-11(8-15-9)12(13-2)10-4-3-5-14-7-10/h3-8,12-13H,1-2H3. The number of thiophene rings is 1. The van der Waals surface area contributed by atoms with Crippen LogP contribution in [0.5, 0.6) is 0 Å². The maximum Gasteiger partial charge on any atom is 0.0597 e. The van der Waals surface area contributed by atoms with Gasteiger partial charge in [-0.05, 0) is 42.6 Å². The van der Waals surface area contributed by atoms with Gasteiger partial charge in [0.15, 0.2) is 0 Å². The van der Waals surface area contributed by atoms with Crippen LogP contribution >= 0.6 is 11.3 Å². The first kappa shape index (κ1) is 10.3. The first-order valence-electron chi connectivity index (χ1n) is 4.93. The molecule has 1 atom stereocenters. The molecule has 1 N–H and O–H groups in total. The van der Waals surface area contributed by atoms with Crippen molar-refractivity contribution in [3.8, 4) is 0 Å². The number of aromatic nitrogens is 1. The van der Waals surface area contributed by atoms with E-state index in [4.69, 9.17) is 0 Å². The monoisotopic (exact) mass is 218 g/mol. The van der Waals surface area contributed by atoms with Crippen LogP contribution in [0.4, 0.5) is 0 Å². The van der Waals surface area contributed by atoms with Crippen LogP contribution < -0.4 is 5.32 Å². The van der Waals surface area contributed by atoms with Crippen molar-refractivity contribution >= 4 is 11.3 Å². The summed E-state index contributed by atoms with van der Waals surface area (Å²) in [6, 6.07) is 6.54. The minimum atomic E-state index is 0.253. The molecular formula is C12H14N2S. The van der Waals surface area contributed by atoms with Gasteiger partial charge in [-0.1, -0.05) is 6.07 Å². The lowest BCUT2D eigenvalue weighted by molar-refractivity contribution is 0.691. The van der Waals surface area contributed by atoms with Gasteiger partial charge in [-0.15, -0.1) is 11.3 Å². The number of nitrogens with one attached hydrogen (secondary N) is 1. The summed E-state index contributed by atoms with van der Waals surface area (Å²) in [7, 11) is 1.98. The predicted molar refractivity (Wildman–Crippen MR) is 64.2 cm³/mol. The van der Waals surface area contributed by atoms with Crippen molar-refractivity contribution in [2.24, 2.45) is 0 Å². The number of hydrogen-bond donors (Lipinski definition) is 1. The molecule has 0 aromatic carbocycles. The van der Waals surface area contributed by atoms with Crippen LogP contribution in [0.25, 0.3) is 0 Å². The van der Waals surface area contributed by atoms with Crippen LogP contribution in [0.15, 0.2) is 36.0 Å². The average molecular weight is 218 g/mol. The summed E-state index contributed by atoms with van der Waals surface area (Å²) in [5, 5.41) is 5.51. The zero-order chi connectivity index (χ0) is 10.7. The minimum Gasteiger partial charge on any atom is -0.309 e. The molecule has 2 rings (SSSR count). The van der Waals surface area contributed by atoms with Crippen LogP contribution in [0.3, 0.4) is 0 Å². The summed E-state index contributed by atoms with van der Waals surface area (Å²) >= 11 is 1.78. The van der Waals surface area contributed by atoms with Gasteiger partial charge in [0.25, 0.3) is 0 Å². The molecule has 2 heterocycles. The van der Waals surface area contributed by atoms with Crippen molar-refractivity contribution in [1.29, 1.82) is 0 Å². The van der Waals surface area contributed by atoms with Crippen molar-refractivity contribution in [2.45, 2.75) is 13.0 Å². The number of pyridine rings is 1. The first-order valence-corrected chi connectivity index (χ1v) is 5.81. The first-order chi connectivity index (χ1) is 7.31. The molecule has 2 aromatic rings. The Labute approximate surface area is 94.0 Å². The second-order valence-corrected chi connectivity index (χ2v) is 4.61. The Morgan fingerprint density at radius 1 is 1.40 bits per heavy atom. The van der Waals surface area contributed by atoms with E-state index in [9.17, 15) is 0 Å². The molecule has 2 nitrogen and oxygen atoms in total. The molecule has 0 spiro atoms. The fourth-order valence-electron chi connectivity index (χ4n) is 1.69. The van der Waals surface area contributed by atoms with E-state index >= 15 is 0 Å². The lowest BCUT2D eigenvalue weighted by Crippen LogP contribution is -2.16. The highest BCUT2D eigenvalue weighted by Crippen LogP contribution is 2.25. The molecule has 2 aromatic heterocycles. The van der Waals surface area contributed by atoms with Gasteiger partial charge in [0.05, 0.1) is 6.04 Å². The Morgan fingerprint density at radius 2 is 2.27 bits per heavy atom. The van der Waals surface area contributed by atoms with Crippen molar-refractivity contribution in [3.05, 3.63) is 52.0 Å². The summed E-state index contributed by atoms with van der Waals surface area (Å²) in [5.74, 6) is 0. The molecular weight excluding hydrogens is 204 g/mol. The number of nitrogens with zero attached hydrogens (tertiary/aromatic N) is 1. The summed E-state index contributed by atoms with van der Waals surface area (Å²) < 4.78 is 0. The predicted octanol–water partition coefficient (Wildman–Crippen LogP) is 2.76. The Morgan fingerprint density at radius 3 is 2.80 bits per heavy atom. The summed E-state index contributed by atoms with van der Waals surface area (Å²) in [6.45, 7) is 2.13. The second kappa shape index (κ2) is 4.55. The molecule has 3 heteroatoms. The summed E-state index contributed by atoms with van der Waals surface area (Å²) in [6.07, 6.45) is 3.71. The van der Waals surface area contributed by atoms with Gasteiger partial charge in [-0.2, -0.15) is 0 Å². The van der Waals surface area contributed by atoms with E-state index in [-0.39, 0.29) is 6.04 Å². The fraction of sp³-hybridized carbons (Fsp3) is 0.250. The quantitative estimate of drug-likeness (QED) is 0.857. The molecule has 1 unspecified atom stereocenters. The lowest BCUT2D eigenvalue weighted by Gasteiger charge is -2.14. The third-order valence-corrected chi connectivity index (χ3v) is 3.27. The number of aryl methyl sites for hydroxylation is 1. The van der Waals surface area contributed by atoms with E-state index in [1.54, 1.807) is 17.5 Å². The van der Waals surface area contributed by atoms with E-state index in [1.807, 2.05) is 19.3 Å². The van der Waals surface area contributed by atoms with Crippen LogP contribution in [-0.4, -0.2) is 12.0 Å². The molecule has 0 aliphatic heterocycles. The normalized spacial score (nSPS) is 12.7. The SMILES string of the molecule is CNC(c1cccnc1)c1csc(C)c1. The fourth-order valence-corrected chi connectivity index (χ4v) is 2.42. The molecule has 0 bridgehead atoms. The largest absolute Gasteiger partial charge is 0.309 e. The minimum absolute atomic E-state index is 0.253. The van der Waals surface area contributed by atoms with E-state index in [2.05, 4.69) is 34.7 Å². The lowest BCUT2D eigenvalue weighted by atomic mass is 10.0. The number of hydrogen-bond acceptors (Lipinski definition) is 3. The molecule has 0 amide bonds. The molecule has 78 valence electrons. The second-order valence-electron chi connectivity index (χ2n) is 3.50. The third-order valence-electron chi connectivity index (χ3n) is 2.39. The van der Waals surface area contributed by atoms with Crippen molar-refractivity contribution in [3.63, 3.8) is 0 Å². The van der Waals surface area contributed by atoms with Gasteiger partial charge in [0.1, 0.15) is 0 Å².